The molecule has 2 rings (SSSR count). The molecule has 0 amide bonds. The maximum absolute atomic E-state index is 4.26. The van der Waals surface area contributed by atoms with Gasteiger partial charge in [0.25, 0.3) is 0 Å². The van der Waals surface area contributed by atoms with Gasteiger partial charge in [-0.15, -0.1) is 0 Å². The lowest BCUT2D eigenvalue weighted by Gasteiger charge is -2.23. The van der Waals surface area contributed by atoms with Crippen LogP contribution >= 0.6 is 0 Å². The highest BCUT2D eigenvalue weighted by Gasteiger charge is 2.19. The molecule has 2 heteroatoms. The van der Waals surface area contributed by atoms with Crippen LogP contribution in [0.5, 0.6) is 0 Å². The molecular formula is C13H20N2. The summed E-state index contributed by atoms with van der Waals surface area (Å²) in [5, 5.41) is 8.25. The van der Waals surface area contributed by atoms with Crippen LogP contribution in [0.4, 0.5) is 0 Å². The highest BCUT2D eigenvalue weighted by atomic mass is 15.1. The van der Waals surface area contributed by atoms with Crippen LogP contribution in [0, 0.1) is 5.41 Å². The lowest BCUT2D eigenvalue weighted by molar-refractivity contribution is 0.294. The van der Waals surface area contributed by atoms with Gasteiger partial charge < -0.3 is 0 Å². The Bertz CT molecular complexity index is 300. The van der Waals surface area contributed by atoms with E-state index < -0.39 is 0 Å². The van der Waals surface area contributed by atoms with Gasteiger partial charge in [-0.25, -0.2) is 0 Å². The Morgan fingerprint density at radius 2 is 1.87 bits per heavy atom. The van der Waals surface area contributed by atoms with Crippen LogP contribution in [0.1, 0.15) is 50.8 Å². The molecule has 0 saturated heterocycles. The third-order valence-corrected chi connectivity index (χ3v) is 3.46. The first-order chi connectivity index (χ1) is 7.17. The topological polar surface area (TPSA) is 25.8 Å². The summed E-state index contributed by atoms with van der Waals surface area (Å²) < 4.78 is 0. The zero-order valence-electron chi connectivity index (χ0n) is 9.79. The van der Waals surface area contributed by atoms with Crippen molar-refractivity contribution in [2.24, 2.45) is 5.41 Å². The normalized spacial score (nSPS) is 20.9. The molecule has 0 aliphatic heterocycles. The van der Waals surface area contributed by atoms with Gasteiger partial charge in [0.2, 0.25) is 0 Å². The van der Waals surface area contributed by atoms with Crippen LogP contribution in [0.3, 0.4) is 0 Å². The predicted molar refractivity (Wildman–Crippen MR) is 61.7 cm³/mol. The monoisotopic (exact) mass is 204 g/mol. The van der Waals surface area contributed by atoms with Crippen LogP contribution in [0.25, 0.3) is 0 Å². The van der Waals surface area contributed by atoms with Crippen molar-refractivity contribution in [3.8, 4) is 0 Å². The molecule has 0 N–H and O–H groups in total. The summed E-state index contributed by atoms with van der Waals surface area (Å²) in [6, 6.07) is 2.14. The molecule has 1 heterocycles. The van der Waals surface area contributed by atoms with Crippen molar-refractivity contribution in [2.45, 2.75) is 52.4 Å². The van der Waals surface area contributed by atoms with E-state index in [4.69, 9.17) is 0 Å². The number of aryl methyl sites for hydroxylation is 2. The van der Waals surface area contributed by atoms with E-state index in [1.165, 1.54) is 43.4 Å². The average molecular weight is 204 g/mol. The van der Waals surface area contributed by atoms with Crippen molar-refractivity contribution in [3.05, 3.63) is 23.5 Å². The third kappa shape index (κ3) is 2.77. The number of fused-ring (bicyclic) bond motifs is 1. The Morgan fingerprint density at radius 1 is 1.13 bits per heavy atom. The number of hydrogen-bond acceptors (Lipinski definition) is 2. The zero-order valence-corrected chi connectivity index (χ0v) is 9.79. The molecule has 1 aromatic heterocycles. The number of hydrogen-bond donors (Lipinski definition) is 0. The highest BCUT2D eigenvalue weighted by Crippen LogP contribution is 2.31. The van der Waals surface area contributed by atoms with E-state index in [-0.39, 0.29) is 0 Å². The molecule has 1 aromatic rings. The van der Waals surface area contributed by atoms with Gasteiger partial charge in [0.15, 0.2) is 0 Å². The first-order valence-corrected chi connectivity index (χ1v) is 5.97. The second-order valence-electron chi connectivity index (χ2n) is 5.37. The Kier molecular flexibility index (Phi) is 3.03. The Morgan fingerprint density at radius 3 is 2.67 bits per heavy atom. The Hall–Kier alpha value is -0.920. The molecule has 2 nitrogen and oxygen atoms in total. The molecule has 0 atom stereocenters. The molecule has 82 valence electrons. The van der Waals surface area contributed by atoms with Crippen LogP contribution in [-0.2, 0) is 12.8 Å². The lowest BCUT2D eigenvalue weighted by atomic mass is 9.83. The molecule has 15 heavy (non-hydrogen) atoms. The van der Waals surface area contributed by atoms with E-state index in [1.807, 2.05) is 6.20 Å². The molecule has 0 aromatic carbocycles. The summed E-state index contributed by atoms with van der Waals surface area (Å²) in [6.45, 7) is 4.77. The van der Waals surface area contributed by atoms with E-state index in [0.29, 0.717) is 5.41 Å². The van der Waals surface area contributed by atoms with Gasteiger partial charge in [0.05, 0.1) is 5.69 Å². The fraction of sp³-hybridized carbons (Fsp3) is 0.692. The van der Waals surface area contributed by atoms with Gasteiger partial charge >= 0.3 is 0 Å². The van der Waals surface area contributed by atoms with Gasteiger partial charge in [-0.3, -0.25) is 0 Å². The minimum absolute atomic E-state index is 0.509. The zero-order chi connectivity index (χ0) is 10.7. The molecule has 0 fully saturated rings. The summed E-state index contributed by atoms with van der Waals surface area (Å²) in [6.07, 6.45) is 9.27. The van der Waals surface area contributed by atoms with E-state index in [1.54, 1.807) is 0 Å². The summed E-state index contributed by atoms with van der Waals surface area (Å²) in [7, 11) is 0. The molecule has 0 radical (unpaired) electrons. The van der Waals surface area contributed by atoms with Crippen LogP contribution < -0.4 is 0 Å². The van der Waals surface area contributed by atoms with Crippen molar-refractivity contribution in [1.29, 1.82) is 0 Å². The smallest absolute Gasteiger partial charge is 0.0663 e. The SMILES string of the molecule is CC1(C)CCCc2ccnnc2CCC1. The first kappa shape index (κ1) is 10.6. The second kappa shape index (κ2) is 4.30. The molecule has 1 aliphatic carbocycles. The molecule has 0 saturated carbocycles. The number of rotatable bonds is 0. The molecule has 0 spiro atoms. The van der Waals surface area contributed by atoms with Crippen LogP contribution in [0.2, 0.25) is 0 Å². The van der Waals surface area contributed by atoms with Gasteiger partial charge in [-0.05, 0) is 55.6 Å². The van der Waals surface area contributed by atoms with Gasteiger partial charge in [-0.1, -0.05) is 13.8 Å². The van der Waals surface area contributed by atoms with Crippen LogP contribution in [0.15, 0.2) is 12.3 Å². The van der Waals surface area contributed by atoms with Gasteiger partial charge in [0.1, 0.15) is 0 Å². The minimum Gasteiger partial charge on any atom is -0.159 e. The number of nitrogens with zero attached hydrogens (tertiary/aromatic N) is 2. The van der Waals surface area contributed by atoms with Crippen molar-refractivity contribution < 1.29 is 0 Å². The fourth-order valence-electron chi connectivity index (χ4n) is 2.44. The minimum atomic E-state index is 0.509. The van der Waals surface area contributed by atoms with Crippen LogP contribution in [-0.4, -0.2) is 10.2 Å². The van der Waals surface area contributed by atoms with E-state index >= 15 is 0 Å². The van der Waals surface area contributed by atoms with E-state index in [9.17, 15) is 0 Å². The first-order valence-electron chi connectivity index (χ1n) is 5.97. The summed E-state index contributed by atoms with van der Waals surface area (Å²) in [4.78, 5) is 0. The number of aromatic nitrogens is 2. The molecular weight excluding hydrogens is 184 g/mol. The largest absolute Gasteiger partial charge is 0.159 e. The van der Waals surface area contributed by atoms with Crippen molar-refractivity contribution >= 4 is 0 Å². The summed E-state index contributed by atoms with van der Waals surface area (Å²) in [5.74, 6) is 0. The fourth-order valence-corrected chi connectivity index (χ4v) is 2.44. The maximum atomic E-state index is 4.26. The summed E-state index contributed by atoms with van der Waals surface area (Å²) in [5.41, 5.74) is 3.16. The second-order valence-corrected chi connectivity index (χ2v) is 5.37. The van der Waals surface area contributed by atoms with Crippen molar-refractivity contribution in [3.63, 3.8) is 0 Å². The van der Waals surface area contributed by atoms with Crippen molar-refractivity contribution in [1.82, 2.24) is 10.2 Å². The van der Waals surface area contributed by atoms with Gasteiger partial charge in [-0.2, -0.15) is 10.2 Å². The van der Waals surface area contributed by atoms with Gasteiger partial charge in [0, 0.05) is 6.20 Å². The quantitative estimate of drug-likeness (QED) is 0.648. The van der Waals surface area contributed by atoms with Crippen molar-refractivity contribution in [2.75, 3.05) is 0 Å². The van der Waals surface area contributed by atoms with E-state index in [2.05, 4.69) is 30.1 Å². The lowest BCUT2D eigenvalue weighted by Crippen LogP contribution is -2.10. The maximum Gasteiger partial charge on any atom is 0.0663 e. The average Bonchev–Trinajstić information content (AvgIpc) is 2.25. The Balaban J connectivity index is 2.15. The van der Waals surface area contributed by atoms with E-state index in [0.717, 1.165) is 6.42 Å². The Labute approximate surface area is 92.1 Å². The molecule has 0 unspecified atom stereocenters. The summed E-state index contributed by atoms with van der Waals surface area (Å²) >= 11 is 0. The highest BCUT2D eigenvalue weighted by molar-refractivity contribution is 5.18. The molecule has 1 aliphatic rings. The standard InChI is InChI=1S/C13H20N2/c1-13(2)8-3-5-11-7-10-14-15-12(11)6-4-9-13/h7,10H,3-6,8-9H2,1-2H3. The predicted octanol–water partition coefficient (Wildman–Crippen LogP) is 3.16. The molecule has 0 bridgehead atoms. The third-order valence-electron chi connectivity index (χ3n) is 3.46.